The number of anilines is 1. The van der Waals surface area contributed by atoms with Crippen molar-refractivity contribution in [2.75, 3.05) is 11.9 Å². The predicted molar refractivity (Wildman–Crippen MR) is 187 cm³/mol. The van der Waals surface area contributed by atoms with E-state index < -0.39 is 10.1 Å². The molecule has 0 saturated heterocycles. The second kappa shape index (κ2) is 13.1. The first-order valence-corrected chi connectivity index (χ1v) is 17.4. The minimum Gasteiger partial charge on any atom is -0.744 e. The molecule has 1 aliphatic rings. The molecule has 1 aliphatic heterocycles. The number of hydrogen-bond donors (Lipinski definition) is 0. The molecule has 0 spiro atoms. The zero-order valence-electron chi connectivity index (χ0n) is 24.8. The van der Waals surface area contributed by atoms with E-state index in [4.69, 9.17) is 16.0 Å². The number of thiazole rings is 1. The molecule has 0 fully saturated rings. The number of aromatic nitrogens is 2. The van der Waals surface area contributed by atoms with Crippen molar-refractivity contribution in [2.24, 2.45) is 7.05 Å². The first kappa shape index (κ1) is 33.5. The van der Waals surface area contributed by atoms with Gasteiger partial charge >= 0.3 is 5.89 Å². The summed E-state index contributed by atoms with van der Waals surface area (Å²) in [5.41, 5.74) is 3.82. The molecule has 0 atom stereocenters. The van der Waals surface area contributed by atoms with E-state index in [-0.39, 0.29) is 17.9 Å². The van der Waals surface area contributed by atoms with E-state index in [1.807, 2.05) is 73.5 Å². The van der Waals surface area contributed by atoms with Crippen LogP contribution in [0.2, 0.25) is 5.02 Å². The second-order valence-corrected chi connectivity index (χ2v) is 14.3. The molecule has 6 aromatic rings. The van der Waals surface area contributed by atoms with Gasteiger partial charge in [-0.05, 0) is 55.6 Å². The van der Waals surface area contributed by atoms with E-state index in [0.717, 1.165) is 52.2 Å². The van der Waals surface area contributed by atoms with Crippen LogP contribution in [0.4, 0.5) is 5.69 Å². The topological polar surface area (TPSA) is 99.5 Å². The van der Waals surface area contributed by atoms with Gasteiger partial charge in [-0.1, -0.05) is 72.8 Å². The van der Waals surface area contributed by atoms with Crippen LogP contribution in [0.15, 0.2) is 97.9 Å². The predicted octanol–water partition coefficient (Wildman–Crippen LogP) is 5.98. The molecular weight excluding hydrogens is 662 g/mol. The monoisotopic (exact) mass is 693 g/mol. The molecule has 0 N–H and O–H groups in total. The smallest absolute Gasteiger partial charge is 0.376 e. The lowest BCUT2D eigenvalue weighted by atomic mass is 10.1. The Balaban J connectivity index is 0.000000297. The van der Waals surface area contributed by atoms with Gasteiger partial charge in [0.05, 0.1) is 16.7 Å². The average Bonchev–Trinajstić information content (AvgIpc) is 3.63. The van der Waals surface area contributed by atoms with Gasteiger partial charge in [-0.3, -0.25) is 9.36 Å². The molecular formula is C34H32ClN3O5S3. The highest BCUT2D eigenvalue weighted by atomic mass is 35.5. The fraction of sp³-hybridized carbons (Fsp3) is 0.176. The Morgan fingerprint density at radius 3 is 2.46 bits per heavy atom. The summed E-state index contributed by atoms with van der Waals surface area (Å²) in [7, 11) is -0.299. The van der Waals surface area contributed by atoms with Crippen LogP contribution in [0.1, 0.15) is 25.8 Å². The van der Waals surface area contributed by atoms with Crippen molar-refractivity contribution < 1.29 is 22.0 Å². The summed E-state index contributed by atoms with van der Waals surface area (Å²) in [5.74, 6) is 0.703. The number of aryl methyl sites for hydroxylation is 2. The number of fused-ring (bicyclic) bond motifs is 4. The van der Waals surface area contributed by atoms with Crippen LogP contribution in [0, 0.1) is 6.92 Å². The van der Waals surface area contributed by atoms with Gasteiger partial charge < -0.3 is 13.9 Å². The Labute approximate surface area is 280 Å². The van der Waals surface area contributed by atoms with E-state index in [0.29, 0.717) is 17.5 Å². The first-order valence-electron chi connectivity index (χ1n) is 14.0. The van der Waals surface area contributed by atoms with Crippen molar-refractivity contribution in [1.82, 2.24) is 4.57 Å². The SMILES string of the molecule is C.CCn1c(=Cc2oc3c4ccccc4ccc3[n+]2C)s/c(=C2\Sc3ccc(Cl)cc3N2C)c1=O.Cc1ccc(S(=O)(=O)[O-])cc1. The summed E-state index contributed by atoms with van der Waals surface area (Å²) in [4.78, 5) is 16.4. The van der Waals surface area contributed by atoms with Gasteiger partial charge in [0.25, 0.3) is 11.1 Å². The Kier molecular flexibility index (Phi) is 9.53. The molecule has 0 bridgehead atoms. The third-order valence-corrected chi connectivity index (χ3v) is 11.1. The summed E-state index contributed by atoms with van der Waals surface area (Å²) in [5, 5.41) is 3.82. The fourth-order valence-electron chi connectivity index (χ4n) is 5.12. The third kappa shape index (κ3) is 6.25. The number of hydrogen-bond acceptors (Lipinski definition) is 8. The minimum atomic E-state index is -4.27. The zero-order chi connectivity index (χ0) is 32.0. The van der Waals surface area contributed by atoms with E-state index in [1.54, 1.807) is 23.9 Å². The van der Waals surface area contributed by atoms with E-state index in [9.17, 15) is 17.8 Å². The van der Waals surface area contributed by atoms with Crippen molar-refractivity contribution in [1.29, 1.82) is 0 Å². The van der Waals surface area contributed by atoms with Crippen LogP contribution in [0.5, 0.6) is 0 Å². The molecule has 12 heteroatoms. The number of benzene rings is 4. The molecule has 8 nitrogen and oxygen atoms in total. The van der Waals surface area contributed by atoms with Crippen molar-refractivity contribution in [3.05, 3.63) is 115 Å². The normalized spacial score (nSPS) is 14.3. The Bertz CT molecular complexity index is 2400. The van der Waals surface area contributed by atoms with Gasteiger partial charge in [0.1, 0.15) is 31.4 Å². The average molecular weight is 694 g/mol. The number of nitrogens with zero attached hydrogens (tertiary/aromatic N) is 3. The molecule has 4 aromatic carbocycles. The van der Waals surface area contributed by atoms with Crippen LogP contribution in [0.25, 0.3) is 33.0 Å². The van der Waals surface area contributed by atoms with Crippen LogP contribution < -0.4 is 24.2 Å². The van der Waals surface area contributed by atoms with Crippen molar-refractivity contribution in [2.45, 2.75) is 37.6 Å². The van der Waals surface area contributed by atoms with E-state index >= 15 is 0 Å². The molecule has 0 aliphatic carbocycles. The summed E-state index contributed by atoms with van der Waals surface area (Å²) >= 11 is 9.31. The lowest BCUT2D eigenvalue weighted by Gasteiger charge is -2.12. The molecule has 7 rings (SSSR count). The maximum atomic E-state index is 13.4. The largest absolute Gasteiger partial charge is 0.744 e. The summed E-state index contributed by atoms with van der Waals surface area (Å²) in [6.45, 7) is 4.39. The Morgan fingerprint density at radius 2 is 1.76 bits per heavy atom. The maximum Gasteiger partial charge on any atom is 0.376 e. The van der Waals surface area contributed by atoms with Gasteiger partial charge in [-0.2, -0.15) is 4.57 Å². The van der Waals surface area contributed by atoms with Crippen LogP contribution in [-0.2, 0) is 23.7 Å². The number of rotatable bonds is 3. The lowest BCUT2D eigenvalue weighted by molar-refractivity contribution is -0.652. The van der Waals surface area contributed by atoms with Crippen LogP contribution in [0.3, 0.4) is 0 Å². The highest BCUT2D eigenvalue weighted by Gasteiger charge is 2.26. The van der Waals surface area contributed by atoms with Crippen LogP contribution >= 0.6 is 34.7 Å². The quantitative estimate of drug-likeness (QED) is 0.166. The highest BCUT2D eigenvalue weighted by molar-refractivity contribution is 8.08. The molecule has 2 aromatic heterocycles. The van der Waals surface area contributed by atoms with E-state index in [1.165, 1.54) is 23.5 Å². The number of thioether (sulfide) groups is 1. The lowest BCUT2D eigenvalue weighted by Crippen LogP contribution is -2.34. The minimum absolute atomic E-state index is 0. The molecule has 238 valence electrons. The Morgan fingerprint density at radius 1 is 1.04 bits per heavy atom. The molecule has 0 amide bonds. The summed E-state index contributed by atoms with van der Waals surface area (Å²) < 4.78 is 42.9. The maximum absolute atomic E-state index is 13.4. The van der Waals surface area contributed by atoms with Crippen molar-refractivity contribution in [3.63, 3.8) is 0 Å². The van der Waals surface area contributed by atoms with E-state index in [2.05, 4.69) is 29.2 Å². The Hall–Kier alpha value is -3.87. The molecule has 0 unspecified atom stereocenters. The summed E-state index contributed by atoms with van der Waals surface area (Å²) in [6.07, 6.45) is 1.97. The molecule has 0 radical (unpaired) electrons. The molecule has 46 heavy (non-hydrogen) atoms. The first-order chi connectivity index (χ1) is 21.5. The van der Waals surface area contributed by atoms with Gasteiger partial charge in [0.2, 0.25) is 5.58 Å². The van der Waals surface area contributed by atoms with Crippen molar-refractivity contribution in [3.8, 4) is 0 Å². The fourth-order valence-corrected chi connectivity index (χ4v) is 8.18. The summed E-state index contributed by atoms with van der Waals surface area (Å²) in [6, 6.07) is 24.0. The molecule has 0 saturated carbocycles. The second-order valence-electron chi connectivity index (χ2n) is 10.4. The molecule has 3 heterocycles. The van der Waals surface area contributed by atoms with Gasteiger partial charge in [-0.15, -0.1) is 11.3 Å². The van der Waals surface area contributed by atoms with Crippen LogP contribution in [-0.4, -0.2) is 24.6 Å². The van der Waals surface area contributed by atoms with Gasteiger partial charge in [0.15, 0.2) is 0 Å². The standard InChI is InChI=1S/C26H21ClN3O2S2.C7H8O3S.CH4/c1-4-30-22(14-21-28(2)18-11-9-15-7-5-6-8-17(15)23(18)32-21)34-24(25(30)31)26-29(3)19-13-16(27)10-12-20(19)33-26;1-6-2-4-7(5-3-6)11(8,9)10;/h5-14H,4H2,1-3H3;2-5H,1H3,(H,8,9,10);1H4/q+1;;/p-1/b26-24-;;. The van der Waals surface area contributed by atoms with Gasteiger partial charge in [-0.25, -0.2) is 8.42 Å². The van der Waals surface area contributed by atoms with Gasteiger partial charge in [0, 0.05) is 35.0 Å². The number of oxazole rings is 1. The number of halogens is 1. The third-order valence-electron chi connectivity index (χ3n) is 7.53. The highest BCUT2D eigenvalue weighted by Crippen LogP contribution is 2.46. The van der Waals surface area contributed by atoms with Crippen molar-refractivity contribution >= 4 is 83.5 Å². The zero-order valence-corrected chi connectivity index (χ0v) is 28.0.